The number of hydrogen-bond acceptors (Lipinski definition) is 4. The minimum absolute atomic E-state index is 0.239. The lowest BCUT2D eigenvalue weighted by atomic mass is 10.1. The van der Waals surface area contributed by atoms with Crippen LogP contribution in [0.2, 0.25) is 0 Å². The van der Waals surface area contributed by atoms with Crippen LogP contribution in [-0.2, 0) is 11.3 Å². The van der Waals surface area contributed by atoms with Gasteiger partial charge in [-0.3, -0.25) is 4.79 Å². The van der Waals surface area contributed by atoms with Gasteiger partial charge in [0.1, 0.15) is 0 Å². The molecule has 1 unspecified atom stereocenters. The van der Waals surface area contributed by atoms with Crippen LogP contribution >= 0.6 is 0 Å². The lowest BCUT2D eigenvalue weighted by Crippen LogP contribution is -2.45. The number of carbonyl (C=O) groups excluding carboxylic acids is 1. The van der Waals surface area contributed by atoms with E-state index in [0.717, 1.165) is 50.4 Å². The van der Waals surface area contributed by atoms with Crippen molar-refractivity contribution >= 4 is 11.9 Å². The molecule has 2 fully saturated rings. The smallest absolute Gasteiger partial charge is 0.225 e. The molecule has 1 aromatic rings. The summed E-state index contributed by atoms with van der Waals surface area (Å²) in [6.45, 7) is 7.47. The SMILES string of the molecule is CCNC(=NCc1cccnc1OCC)NC1CCN(C(=O)C2CCCC2)C1. The van der Waals surface area contributed by atoms with E-state index in [2.05, 4.69) is 22.5 Å². The Morgan fingerprint density at radius 1 is 1.32 bits per heavy atom. The van der Waals surface area contributed by atoms with Crippen molar-refractivity contribution in [1.29, 1.82) is 0 Å². The van der Waals surface area contributed by atoms with Gasteiger partial charge in [-0.25, -0.2) is 9.98 Å². The number of nitrogens with one attached hydrogen (secondary N) is 2. The Labute approximate surface area is 168 Å². The third-order valence-electron chi connectivity index (χ3n) is 5.43. The topological polar surface area (TPSA) is 78.9 Å². The maximum atomic E-state index is 12.6. The van der Waals surface area contributed by atoms with Gasteiger partial charge in [-0.1, -0.05) is 18.9 Å². The number of hydrogen-bond donors (Lipinski definition) is 2. The summed E-state index contributed by atoms with van der Waals surface area (Å²) < 4.78 is 5.59. The van der Waals surface area contributed by atoms with Gasteiger partial charge in [0, 0.05) is 43.4 Å². The van der Waals surface area contributed by atoms with E-state index in [0.29, 0.717) is 24.9 Å². The minimum atomic E-state index is 0.239. The average Bonchev–Trinajstić information content (AvgIpc) is 3.39. The number of ether oxygens (including phenoxy) is 1. The van der Waals surface area contributed by atoms with Crippen LogP contribution in [0.25, 0.3) is 0 Å². The van der Waals surface area contributed by atoms with Gasteiger partial charge < -0.3 is 20.3 Å². The number of pyridine rings is 1. The van der Waals surface area contributed by atoms with Crippen LogP contribution in [0, 0.1) is 5.92 Å². The van der Waals surface area contributed by atoms with Crippen molar-refractivity contribution in [1.82, 2.24) is 20.5 Å². The van der Waals surface area contributed by atoms with E-state index >= 15 is 0 Å². The molecule has 1 saturated heterocycles. The number of likely N-dealkylation sites (tertiary alicyclic amines) is 1. The second kappa shape index (κ2) is 10.3. The zero-order valence-corrected chi connectivity index (χ0v) is 17.1. The van der Waals surface area contributed by atoms with E-state index in [-0.39, 0.29) is 12.0 Å². The first kappa shape index (κ1) is 20.4. The standard InChI is InChI=1S/C21H33N5O2/c1-3-22-21(24-14-17-10-7-12-23-19(17)28-4-2)25-18-11-13-26(15-18)20(27)16-8-5-6-9-16/h7,10,12,16,18H,3-6,8-9,11,13-15H2,1-2H3,(H2,22,24,25). The van der Waals surface area contributed by atoms with Gasteiger partial charge in [-0.15, -0.1) is 0 Å². The van der Waals surface area contributed by atoms with Gasteiger partial charge >= 0.3 is 0 Å². The Morgan fingerprint density at radius 3 is 2.89 bits per heavy atom. The van der Waals surface area contributed by atoms with Gasteiger partial charge in [-0.2, -0.15) is 0 Å². The summed E-state index contributed by atoms with van der Waals surface area (Å²) in [6.07, 6.45) is 7.20. The molecule has 3 rings (SSSR count). The summed E-state index contributed by atoms with van der Waals surface area (Å²) in [5, 5.41) is 6.80. The van der Waals surface area contributed by atoms with Gasteiger partial charge in [-0.05, 0) is 39.2 Å². The second-order valence-electron chi connectivity index (χ2n) is 7.49. The van der Waals surface area contributed by atoms with E-state index in [4.69, 9.17) is 9.73 Å². The molecule has 0 spiro atoms. The summed E-state index contributed by atoms with van der Waals surface area (Å²) in [4.78, 5) is 23.7. The van der Waals surface area contributed by atoms with E-state index in [9.17, 15) is 4.79 Å². The van der Waals surface area contributed by atoms with Crippen molar-refractivity contribution in [2.45, 2.75) is 58.5 Å². The molecule has 1 aliphatic carbocycles. The predicted octanol–water partition coefficient (Wildman–Crippen LogP) is 2.33. The Bertz CT molecular complexity index is 673. The average molecular weight is 388 g/mol. The van der Waals surface area contributed by atoms with Gasteiger partial charge in [0.05, 0.1) is 13.2 Å². The molecular weight excluding hydrogens is 354 g/mol. The summed E-state index contributed by atoms with van der Waals surface area (Å²) in [5.74, 6) is 2.01. The molecule has 2 aliphatic rings. The lowest BCUT2D eigenvalue weighted by molar-refractivity contribution is -0.134. The lowest BCUT2D eigenvalue weighted by Gasteiger charge is -2.21. The van der Waals surface area contributed by atoms with Crippen molar-refractivity contribution in [3.63, 3.8) is 0 Å². The highest BCUT2D eigenvalue weighted by Gasteiger charge is 2.32. The highest BCUT2D eigenvalue weighted by molar-refractivity contribution is 5.81. The van der Waals surface area contributed by atoms with Gasteiger partial charge in [0.2, 0.25) is 11.8 Å². The molecule has 1 amide bonds. The van der Waals surface area contributed by atoms with E-state index in [1.165, 1.54) is 12.8 Å². The molecule has 0 aromatic carbocycles. The highest BCUT2D eigenvalue weighted by Crippen LogP contribution is 2.27. The molecule has 2 N–H and O–H groups in total. The Morgan fingerprint density at radius 2 is 2.14 bits per heavy atom. The Hall–Kier alpha value is -2.31. The third kappa shape index (κ3) is 5.36. The summed E-state index contributed by atoms with van der Waals surface area (Å²) >= 11 is 0. The third-order valence-corrected chi connectivity index (χ3v) is 5.43. The fourth-order valence-electron chi connectivity index (χ4n) is 4.00. The van der Waals surface area contributed by atoms with Crippen LogP contribution in [-0.4, -0.2) is 54.0 Å². The second-order valence-corrected chi connectivity index (χ2v) is 7.49. The molecule has 1 atom stereocenters. The van der Waals surface area contributed by atoms with Crippen LogP contribution in [0.4, 0.5) is 0 Å². The van der Waals surface area contributed by atoms with Crippen LogP contribution in [0.1, 0.15) is 51.5 Å². The Balaban J connectivity index is 1.57. The van der Waals surface area contributed by atoms with E-state index < -0.39 is 0 Å². The molecule has 1 aliphatic heterocycles. The summed E-state index contributed by atoms with van der Waals surface area (Å²) in [7, 11) is 0. The number of guanidine groups is 1. The van der Waals surface area contributed by atoms with Crippen LogP contribution in [0.5, 0.6) is 5.88 Å². The molecule has 7 heteroatoms. The number of amides is 1. The molecular formula is C21H33N5O2. The van der Waals surface area contributed by atoms with Gasteiger partial charge in [0.15, 0.2) is 5.96 Å². The number of aliphatic imine (C=N–C) groups is 1. The fourth-order valence-corrected chi connectivity index (χ4v) is 4.00. The molecule has 1 saturated carbocycles. The summed E-state index contributed by atoms with van der Waals surface area (Å²) in [6, 6.07) is 4.13. The zero-order valence-electron chi connectivity index (χ0n) is 17.1. The van der Waals surface area contributed by atoms with Crippen LogP contribution < -0.4 is 15.4 Å². The Kier molecular flexibility index (Phi) is 7.51. The fraction of sp³-hybridized carbons (Fsp3) is 0.667. The summed E-state index contributed by atoms with van der Waals surface area (Å²) in [5.41, 5.74) is 0.964. The van der Waals surface area contributed by atoms with E-state index in [1.807, 2.05) is 24.0 Å². The van der Waals surface area contributed by atoms with Gasteiger partial charge in [0.25, 0.3) is 0 Å². The number of carbonyl (C=O) groups is 1. The van der Waals surface area contributed by atoms with E-state index in [1.54, 1.807) is 6.20 Å². The predicted molar refractivity (Wildman–Crippen MR) is 110 cm³/mol. The first-order chi connectivity index (χ1) is 13.7. The van der Waals surface area contributed by atoms with Crippen molar-refractivity contribution in [3.05, 3.63) is 23.9 Å². The molecule has 2 heterocycles. The van der Waals surface area contributed by atoms with Crippen LogP contribution in [0.15, 0.2) is 23.3 Å². The maximum absolute atomic E-state index is 12.6. The minimum Gasteiger partial charge on any atom is -0.478 e. The molecule has 154 valence electrons. The molecule has 1 aromatic heterocycles. The first-order valence-electron chi connectivity index (χ1n) is 10.6. The van der Waals surface area contributed by atoms with Crippen molar-refractivity contribution < 1.29 is 9.53 Å². The largest absolute Gasteiger partial charge is 0.478 e. The van der Waals surface area contributed by atoms with Crippen LogP contribution in [0.3, 0.4) is 0 Å². The first-order valence-corrected chi connectivity index (χ1v) is 10.6. The molecule has 0 bridgehead atoms. The van der Waals surface area contributed by atoms with Crippen molar-refractivity contribution in [2.24, 2.45) is 10.9 Å². The molecule has 0 radical (unpaired) electrons. The molecule has 7 nitrogen and oxygen atoms in total. The van der Waals surface area contributed by atoms with Crippen molar-refractivity contribution in [2.75, 3.05) is 26.2 Å². The van der Waals surface area contributed by atoms with Crippen molar-refractivity contribution in [3.8, 4) is 5.88 Å². The normalized spacial score (nSPS) is 20.4. The monoisotopic (exact) mass is 387 g/mol. The quantitative estimate of drug-likeness (QED) is 0.555. The maximum Gasteiger partial charge on any atom is 0.225 e. The highest BCUT2D eigenvalue weighted by atomic mass is 16.5. The zero-order chi connectivity index (χ0) is 19.8. The molecule has 28 heavy (non-hydrogen) atoms. The number of aromatic nitrogens is 1. The number of nitrogens with zero attached hydrogens (tertiary/aromatic N) is 3. The number of rotatable bonds is 7.